The standard InChI is InChI=1S/C21H18BrN7O2/c1-2-27-5-7-28(8-6-27)21-24-11-16-17(26-21)18(30)14(10-23)19-25-15-4-3-12(22)9-13(15)20(31)29(16)19/h3-4,9,11,25H,2,5-8H2,1H3. The van der Waals surface area contributed by atoms with Crippen molar-refractivity contribution >= 4 is 49.5 Å². The van der Waals surface area contributed by atoms with Crippen LogP contribution in [0, 0.1) is 11.3 Å². The average Bonchev–Trinajstić information content (AvgIpc) is 2.80. The van der Waals surface area contributed by atoms with Gasteiger partial charge in [0, 0.05) is 30.7 Å². The largest absolute Gasteiger partial charge is 0.339 e. The van der Waals surface area contributed by atoms with E-state index in [1.807, 2.05) is 11.0 Å². The predicted octanol–water partition coefficient (Wildman–Crippen LogP) is 1.86. The van der Waals surface area contributed by atoms with E-state index in [1.54, 1.807) is 18.2 Å². The summed E-state index contributed by atoms with van der Waals surface area (Å²) in [6.07, 6.45) is 1.50. The molecule has 4 heterocycles. The van der Waals surface area contributed by atoms with Crippen LogP contribution in [0.4, 0.5) is 5.95 Å². The second kappa shape index (κ2) is 7.44. The van der Waals surface area contributed by atoms with Gasteiger partial charge in [-0.2, -0.15) is 5.26 Å². The molecule has 1 N–H and O–H groups in total. The summed E-state index contributed by atoms with van der Waals surface area (Å²) in [5, 5.41) is 10.1. The number of halogens is 1. The van der Waals surface area contributed by atoms with Crippen molar-refractivity contribution in [1.29, 1.82) is 5.26 Å². The first-order valence-electron chi connectivity index (χ1n) is 9.96. The Kier molecular flexibility index (Phi) is 4.72. The molecule has 0 bridgehead atoms. The summed E-state index contributed by atoms with van der Waals surface area (Å²) in [5.41, 5.74) is 0.0205. The minimum atomic E-state index is -0.513. The molecule has 0 amide bonds. The lowest BCUT2D eigenvalue weighted by Crippen LogP contribution is -2.46. The fourth-order valence-electron chi connectivity index (χ4n) is 4.06. The zero-order valence-electron chi connectivity index (χ0n) is 16.7. The van der Waals surface area contributed by atoms with Crippen LogP contribution in [0.1, 0.15) is 12.5 Å². The maximum Gasteiger partial charge on any atom is 0.266 e. The van der Waals surface area contributed by atoms with Crippen molar-refractivity contribution in [3.63, 3.8) is 0 Å². The van der Waals surface area contributed by atoms with Gasteiger partial charge in [0.1, 0.15) is 22.8 Å². The van der Waals surface area contributed by atoms with Crippen molar-refractivity contribution in [2.75, 3.05) is 37.6 Å². The van der Waals surface area contributed by atoms with E-state index in [-0.39, 0.29) is 27.8 Å². The van der Waals surface area contributed by atoms with Crippen LogP contribution < -0.4 is 15.9 Å². The number of fused-ring (bicyclic) bond motifs is 4. The molecule has 156 valence electrons. The molecular formula is C21H18BrN7O2. The quantitative estimate of drug-likeness (QED) is 0.345. The lowest BCUT2D eigenvalue weighted by molar-refractivity contribution is 0.270. The SMILES string of the molecule is CCN1CCN(c2ncc3c(n2)c(=O)c(C#N)c2[nH]c4ccc(Br)cc4c(=O)n23)CC1. The van der Waals surface area contributed by atoms with Gasteiger partial charge in [-0.1, -0.05) is 22.9 Å². The fraction of sp³-hybridized carbons (Fsp3) is 0.286. The van der Waals surface area contributed by atoms with Gasteiger partial charge in [0.15, 0.2) is 0 Å². The Hall–Kier alpha value is -3.29. The van der Waals surface area contributed by atoms with Gasteiger partial charge in [0.05, 0.1) is 22.6 Å². The highest BCUT2D eigenvalue weighted by molar-refractivity contribution is 9.10. The van der Waals surface area contributed by atoms with E-state index in [0.29, 0.717) is 16.9 Å². The minimum absolute atomic E-state index is 0.0665. The number of nitriles is 1. The first kappa shape index (κ1) is 19.7. The Morgan fingerprint density at radius 1 is 1.23 bits per heavy atom. The number of H-pyrrole nitrogens is 1. The number of nitrogens with zero attached hydrogens (tertiary/aromatic N) is 6. The number of likely N-dealkylation sites (N-methyl/N-ethyl adjacent to an activating group) is 1. The molecule has 3 aromatic heterocycles. The molecule has 0 radical (unpaired) electrons. The van der Waals surface area contributed by atoms with Crippen LogP contribution in [0.5, 0.6) is 0 Å². The molecule has 0 spiro atoms. The molecule has 1 saturated heterocycles. The molecule has 1 aliphatic rings. The first-order valence-corrected chi connectivity index (χ1v) is 10.8. The molecule has 0 unspecified atom stereocenters. The van der Waals surface area contributed by atoms with Crippen molar-refractivity contribution in [3.8, 4) is 6.07 Å². The molecular weight excluding hydrogens is 462 g/mol. The summed E-state index contributed by atoms with van der Waals surface area (Å²) in [6.45, 7) is 6.38. The van der Waals surface area contributed by atoms with Crippen LogP contribution in [0.15, 0.2) is 38.5 Å². The van der Waals surface area contributed by atoms with E-state index in [4.69, 9.17) is 0 Å². The Bertz CT molecular complexity index is 1510. The molecule has 0 aliphatic carbocycles. The highest BCUT2D eigenvalue weighted by atomic mass is 79.9. The Morgan fingerprint density at radius 3 is 2.71 bits per heavy atom. The summed E-state index contributed by atoms with van der Waals surface area (Å²) >= 11 is 3.39. The summed E-state index contributed by atoms with van der Waals surface area (Å²) in [5.74, 6) is 0.434. The molecule has 5 rings (SSSR count). The summed E-state index contributed by atoms with van der Waals surface area (Å²) < 4.78 is 2.07. The van der Waals surface area contributed by atoms with Crippen molar-refractivity contribution in [3.05, 3.63) is 55.0 Å². The number of nitrogens with one attached hydrogen (secondary N) is 1. The van der Waals surface area contributed by atoms with E-state index < -0.39 is 5.43 Å². The highest BCUT2D eigenvalue weighted by Gasteiger charge is 2.22. The third kappa shape index (κ3) is 3.08. The van der Waals surface area contributed by atoms with E-state index in [9.17, 15) is 14.9 Å². The van der Waals surface area contributed by atoms with Gasteiger partial charge in [0.25, 0.3) is 5.56 Å². The monoisotopic (exact) mass is 479 g/mol. The van der Waals surface area contributed by atoms with Gasteiger partial charge >= 0.3 is 0 Å². The van der Waals surface area contributed by atoms with Crippen molar-refractivity contribution in [1.82, 2.24) is 24.3 Å². The van der Waals surface area contributed by atoms with Gasteiger partial charge in [-0.3, -0.25) is 14.0 Å². The number of anilines is 1. The number of piperazine rings is 1. The molecule has 1 aromatic carbocycles. The third-order valence-electron chi connectivity index (χ3n) is 5.78. The van der Waals surface area contributed by atoms with Crippen LogP contribution in [0.25, 0.3) is 27.6 Å². The molecule has 0 saturated carbocycles. The van der Waals surface area contributed by atoms with E-state index in [0.717, 1.165) is 37.2 Å². The van der Waals surface area contributed by atoms with Crippen molar-refractivity contribution < 1.29 is 0 Å². The summed E-state index contributed by atoms with van der Waals surface area (Å²) in [4.78, 5) is 42.8. The molecule has 10 heteroatoms. The molecule has 4 aromatic rings. The third-order valence-corrected chi connectivity index (χ3v) is 6.28. The summed E-state index contributed by atoms with van der Waals surface area (Å²) in [6, 6.07) is 7.17. The number of aromatic nitrogens is 4. The van der Waals surface area contributed by atoms with Crippen LogP contribution in [0.2, 0.25) is 0 Å². The number of hydrogen-bond donors (Lipinski definition) is 1. The number of hydrogen-bond acceptors (Lipinski definition) is 7. The van der Waals surface area contributed by atoms with Gasteiger partial charge in [-0.05, 0) is 24.7 Å². The maximum absolute atomic E-state index is 13.3. The van der Waals surface area contributed by atoms with Gasteiger partial charge in [0.2, 0.25) is 11.4 Å². The average molecular weight is 480 g/mol. The Morgan fingerprint density at radius 2 is 2.00 bits per heavy atom. The lowest BCUT2D eigenvalue weighted by atomic mass is 10.2. The lowest BCUT2D eigenvalue weighted by Gasteiger charge is -2.34. The van der Waals surface area contributed by atoms with Gasteiger partial charge in [-0.25, -0.2) is 9.97 Å². The maximum atomic E-state index is 13.3. The topological polar surface area (TPSA) is 110 Å². The van der Waals surface area contributed by atoms with Crippen molar-refractivity contribution in [2.45, 2.75) is 6.92 Å². The zero-order valence-corrected chi connectivity index (χ0v) is 18.3. The molecule has 9 nitrogen and oxygen atoms in total. The van der Waals surface area contributed by atoms with Gasteiger partial charge < -0.3 is 14.8 Å². The van der Waals surface area contributed by atoms with Crippen LogP contribution in [-0.4, -0.2) is 57.0 Å². The number of pyridine rings is 1. The molecule has 1 fully saturated rings. The molecule has 0 atom stereocenters. The summed E-state index contributed by atoms with van der Waals surface area (Å²) in [7, 11) is 0. The van der Waals surface area contributed by atoms with Gasteiger partial charge in [-0.15, -0.1) is 0 Å². The van der Waals surface area contributed by atoms with Crippen LogP contribution in [-0.2, 0) is 0 Å². The first-order chi connectivity index (χ1) is 15.0. The number of benzene rings is 1. The second-order valence-corrected chi connectivity index (χ2v) is 8.36. The smallest absolute Gasteiger partial charge is 0.266 e. The van der Waals surface area contributed by atoms with Crippen LogP contribution >= 0.6 is 15.9 Å². The Balaban J connectivity index is 1.79. The number of rotatable bonds is 2. The highest BCUT2D eigenvalue weighted by Crippen LogP contribution is 2.20. The normalized spacial score (nSPS) is 15.1. The molecule has 31 heavy (non-hydrogen) atoms. The van der Waals surface area contributed by atoms with E-state index >= 15 is 0 Å². The predicted molar refractivity (Wildman–Crippen MR) is 122 cm³/mol. The number of aromatic amines is 1. The van der Waals surface area contributed by atoms with Crippen LogP contribution in [0.3, 0.4) is 0 Å². The second-order valence-electron chi connectivity index (χ2n) is 7.45. The Labute approximate surface area is 184 Å². The molecule has 1 aliphatic heterocycles. The van der Waals surface area contributed by atoms with E-state index in [2.05, 4.69) is 42.7 Å². The minimum Gasteiger partial charge on any atom is -0.339 e. The fourth-order valence-corrected chi connectivity index (χ4v) is 4.42. The zero-order chi connectivity index (χ0) is 21.7. The van der Waals surface area contributed by atoms with E-state index in [1.165, 1.54) is 10.6 Å². The van der Waals surface area contributed by atoms with Crippen molar-refractivity contribution in [2.24, 2.45) is 0 Å².